The highest BCUT2D eigenvalue weighted by Crippen LogP contribution is 2.18. The second-order valence-electron chi connectivity index (χ2n) is 4.68. The quantitative estimate of drug-likeness (QED) is 0.672. The van der Waals surface area contributed by atoms with E-state index in [1.807, 2.05) is 36.4 Å². The minimum Gasteiger partial charge on any atom is -0.207 e. The molecular formula is C16H15Cl2F. The van der Waals surface area contributed by atoms with Crippen LogP contribution in [0.2, 0.25) is 5.02 Å². The van der Waals surface area contributed by atoms with Gasteiger partial charge in [-0.25, -0.2) is 4.39 Å². The molecule has 1 unspecified atom stereocenters. The number of halogens is 3. The topological polar surface area (TPSA) is 0 Å². The molecule has 2 rings (SSSR count). The van der Waals surface area contributed by atoms with Crippen molar-refractivity contribution in [2.75, 3.05) is 5.88 Å². The van der Waals surface area contributed by atoms with E-state index in [4.69, 9.17) is 23.2 Å². The van der Waals surface area contributed by atoms with E-state index in [1.165, 1.54) is 17.7 Å². The largest absolute Gasteiger partial charge is 0.207 e. The van der Waals surface area contributed by atoms with Gasteiger partial charge in [-0.05, 0) is 54.2 Å². The van der Waals surface area contributed by atoms with Gasteiger partial charge in [-0.3, -0.25) is 0 Å². The zero-order chi connectivity index (χ0) is 13.7. The van der Waals surface area contributed by atoms with Crippen molar-refractivity contribution in [3.63, 3.8) is 0 Å². The molecule has 0 aromatic heterocycles. The highest BCUT2D eigenvalue weighted by Gasteiger charge is 2.10. The van der Waals surface area contributed by atoms with E-state index < -0.39 is 0 Å². The summed E-state index contributed by atoms with van der Waals surface area (Å²) in [4.78, 5) is 0. The smallest absolute Gasteiger partial charge is 0.123 e. The van der Waals surface area contributed by atoms with Crippen LogP contribution in [0.25, 0.3) is 0 Å². The lowest BCUT2D eigenvalue weighted by molar-refractivity contribution is 0.581. The first-order valence-corrected chi connectivity index (χ1v) is 7.13. The van der Waals surface area contributed by atoms with Crippen molar-refractivity contribution in [2.45, 2.75) is 12.8 Å². The second-order valence-corrected chi connectivity index (χ2v) is 5.43. The summed E-state index contributed by atoms with van der Waals surface area (Å²) in [5, 5.41) is 0.740. The number of benzene rings is 2. The minimum atomic E-state index is -0.205. The molecule has 0 spiro atoms. The van der Waals surface area contributed by atoms with Gasteiger partial charge in [0, 0.05) is 10.9 Å². The fourth-order valence-electron chi connectivity index (χ4n) is 2.09. The molecule has 19 heavy (non-hydrogen) atoms. The standard InChI is InChI=1S/C16H15Cl2F/c17-11-14(9-12-1-5-15(18)6-2-12)10-13-3-7-16(19)8-4-13/h1-8,14H,9-11H2. The molecule has 0 N–H and O–H groups in total. The Bertz CT molecular complexity index is 458. The first kappa shape index (κ1) is 14.4. The molecule has 100 valence electrons. The molecule has 1 atom stereocenters. The Morgan fingerprint density at radius 1 is 0.842 bits per heavy atom. The molecule has 3 heteroatoms. The highest BCUT2D eigenvalue weighted by molar-refractivity contribution is 6.30. The first-order valence-electron chi connectivity index (χ1n) is 6.22. The Kier molecular flexibility index (Phi) is 5.24. The Morgan fingerprint density at radius 3 is 1.79 bits per heavy atom. The molecule has 0 bridgehead atoms. The zero-order valence-electron chi connectivity index (χ0n) is 10.5. The zero-order valence-corrected chi connectivity index (χ0v) is 12.0. The molecule has 0 aliphatic carbocycles. The van der Waals surface area contributed by atoms with Crippen LogP contribution in [0.15, 0.2) is 48.5 Å². The van der Waals surface area contributed by atoms with Crippen LogP contribution in [0.5, 0.6) is 0 Å². The van der Waals surface area contributed by atoms with Crippen LogP contribution in [0.3, 0.4) is 0 Å². The van der Waals surface area contributed by atoms with Crippen molar-refractivity contribution in [1.29, 1.82) is 0 Å². The van der Waals surface area contributed by atoms with Gasteiger partial charge in [-0.1, -0.05) is 35.9 Å². The molecule has 2 aromatic rings. The molecule has 0 fully saturated rings. The van der Waals surface area contributed by atoms with Gasteiger partial charge in [0.1, 0.15) is 5.82 Å². The maximum Gasteiger partial charge on any atom is 0.123 e. The van der Waals surface area contributed by atoms with E-state index in [0.717, 1.165) is 23.4 Å². The number of alkyl halides is 1. The third kappa shape index (κ3) is 4.52. The van der Waals surface area contributed by atoms with E-state index in [1.54, 1.807) is 0 Å². The fourth-order valence-corrected chi connectivity index (χ4v) is 2.43. The predicted octanol–water partition coefficient (Wildman–Crippen LogP) is 5.12. The summed E-state index contributed by atoms with van der Waals surface area (Å²) in [5.41, 5.74) is 2.33. The van der Waals surface area contributed by atoms with Gasteiger partial charge in [0.05, 0.1) is 0 Å². The third-order valence-corrected chi connectivity index (χ3v) is 3.78. The summed E-state index contributed by atoms with van der Waals surface area (Å²) in [6.45, 7) is 0. The lowest BCUT2D eigenvalue weighted by Crippen LogP contribution is -2.10. The molecule has 2 aromatic carbocycles. The van der Waals surface area contributed by atoms with Gasteiger partial charge in [0.25, 0.3) is 0 Å². The average Bonchev–Trinajstić information content (AvgIpc) is 2.43. The second kappa shape index (κ2) is 6.93. The van der Waals surface area contributed by atoms with E-state index in [0.29, 0.717) is 11.8 Å². The van der Waals surface area contributed by atoms with Crippen molar-refractivity contribution in [3.05, 3.63) is 70.5 Å². The van der Waals surface area contributed by atoms with E-state index in [2.05, 4.69) is 0 Å². The summed E-state index contributed by atoms with van der Waals surface area (Å²) in [5.74, 6) is 0.720. The van der Waals surface area contributed by atoms with Crippen LogP contribution in [-0.4, -0.2) is 5.88 Å². The van der Waals surface area contributed by atoms with E-state index in [9.17, 15) is 4.39 Å². The summed E-state index contributed by atoms with van der Waals surface area (Å²) < 4.78 is 12.9. The number of hydrogen-bond acceptors (Lipinski definition) is 0. The van der Waals surface area contributed by atoms with Gasteiger partial charge in [0.15, 0.2) is 0 Å². The molecule has 0 heterocycles. The van der Waals surface area contributed by atoms with Gasteiger partial charge in [-0.15, -0.1) is 11.6 Å². The van der Waals surface area contributed by atoms with Crippen LogP contribution < -0.4 is 0 Å². The lowest BCUT2D eigenvalue weighted by Gasteiger charge is -2.14. The maximum atomic E-state index is 12.9. The van der Waals surface area contributed by atoms with Gasteiger partial charge in [0.2, 0.25) is 0 Å². The molecule has 0 saturated heterocycles. The van der Waals surface area contributed by atoms with Crippen molar-refractivity contribution >= 4 is 23.2 Å². The predicted molar refractivity (Wildman–Crippen MR) is 79.5 cm³/mol. The van der Waals surface area contributed by atoms with Crippen LogP contribution in [0.1, 0.15) is 11.1 Å². The Hall–Kier alpha value is -1.05. The van der Waals surface area contributed by atoms with Crippen molar-refractivity contribution < 1.29 is 4.39 Å². The summed E-state index contributed by atoms with van der Waals surface area (Å²) in [7, 11) is 0. The highest BCUT2D eigenvalue weighted by atomic mass is 35.5. The first-order chi connectivity index (χ1) is 9.17. The molecule has 0 radical (unpaired) electrons. The SMILES string of the molecule is Fc1ccc(CC(CCl)Cc2ccc(Cl)cc2)cc1. The number of rotatable bonds is 5. The van der Waals surface area contributed by atoms with E-state index in [-0.39, 0.29) is 5.82 Å². The Balaban J connectivity index is 2.00. The average molecular weight is 297 g/mol. The summed E-state index contributed by atoms with van der Waals surface area (Å²) >= 11 is 11.9. The molecule has 0 aliphatic heterocycles. The van der Waals surface area contributed by atoms with Crippen LogP contribution >= 0.6 is 23.2 Å². The minimum absolute atomic E-state index is 0.205. The Labute approximate surface area is 123 Å². The van der Waals surface area contributed by atoms with Crippen molar-refractivity contribution in [1.82, 2.24) is 0 Å². The summed E-state index contributed by atoms with van der Waals surface area (Å²) in [6.07, 6.45) is 1.75. The summed E-state index contributed by atoms with van der Waals surface area (Å²) in [6, 6.07) is 14.4. The lowest BCUT2D eigenvalue weighted by atomic mass is 9.94. The molecule has 0 amide bonds. The van der Waals surface area contributed by atoms with Crippen LogP contribution in [0, 0.1) is 11.7 Å². The van der Waals surface area contributed by atoms with Gasteiger partial charge < -0.3 is 0 Å². The van der Waals surface area contributed by atoms with Crippen LogP contribution in [-0.2, 0) is 12.8 Å². The van der Waals surface area contributed by atoms with E-state index >= 15 is 0 Å². The maximum absolute atomic E-state index is 12.9. The monoisotopic (exact) mass is 296 g/mol. The van der Waals surface area contributed by atoms with Crippen molar-refractivity contribution in [3.8, 4) is 0 Å². The molecule has 0 saturated carbocycles. The molecular weight excluding hydrogens is 282 g/mol. The normalized spacial score (nSPS) is 12.4. The van der Waals surface area contributed by atoms with Gasteiger partial charge >= 0.3 is 0 Å². The van der Waals surface area contributed by atoms with Crippen molar-refractivity contribution in [2.24, 2.45) is 5.92 Å². The Morgan fingerprint density at radius 2 is 1.32 bits per heavy atom. The molecule has 0 aliphatic rings. The third-order valence-electron chi connectivity index (χ3n) is 3.09. The number of hydrogen-bond donors (Lipinski definition) is 0. The van der Waals surface area contributed by atoms with Gasteiger partial charge in [-0.2, -0.15) is 0 Å². The fraction of sp³-hybridized carbons (Fsp3) is 0.250. The van der Waals surface area contributed by atoms with Crippen LogP contribution in [0.4, 0.5) is 4.39 Å². The molecule has 0 nitrogen and oxygen atoms in total.